The van der Waals surface area contributed by atoms with Crippen LogP contribution in [0.25, 0.3) is 0 Å². The first-order valence-corrected chi connectivity index (χ1v) is 9.71. The minimum absolute atomic E-state index is 0.00492. The van der Waals surface area contributed by atoms with E-state index in [9.17, 15) is 13.2 Å². The lowest BCUT2D eigenvalue weighted by Crippen LogP contribution is -2.24. The lowest BCUT2D eigenvalue weighted by atomic mass is 10.2. The third-order valence-electron chi connectivity index (χ3n) is 3.22. The maximum Gasteiger partial charge on any atom is 0.276 e. The monoisotopic (exact) mass is 398 g/mol. The molecule has 0 heterocycles. The van der Waals surface area contributed by atoms with E-state index in [1.165, 1.54) is 18.2 Å². The van der Waals surface area contributed by atoms with Gasteiger partial charge < -0.3 is 4.74 Å². The van der Waals surface area contributed by atoms with Crippen LogP contribution in [-0.2, 0) is 14.9 Å². The molecule has 0 atom stereocenters. The van der Waals surface area contributed by atoms with E-state index in [0.717, 1.165) is 0 Å². The fraction of sp³-hybridized carbons (Fsp3) is 0.235. The van der Waals surface area contributed by atoms with Crippen LogP contribution in [-0.4, -0.2) is 27.5 Å². The zero-order valence-corrected chi connectivity index (χ0v) is 15.9. The molecule has 0 saturated heterocycles. The minimum Gasteiger partial charge on any atom is -0.494 e. The first kappa shape index (κ1) is 20.0. The summed E-state index contributed by atoms with van der Waals surface area (Å²) in [5.74, 6) is 0.00629. The van der Waals surface area contributed by atoms with Gasteiger partial charge in [0.05, 0.1) is 28.7 Å². The van der Waals surface area contributed by atoms with Crippen LogP contribution < -0.4 is 14.9 Å². The largest absolute Gasteiger partial charge is 0.494 e. The highest BCUT2D eigenvalue weighted by Crippen LogP contribution is 2.23. The Morgan fingerprint density at radius 2 is 1.77 bits per heavy atom. The van der Waals surface area contributed by atoms with Crippen LogP contribution in [0.3, 0.4) is 0 Å². The van der Waals surface area contributed by atoms with Gasteiger partial charge in [0.15, 0.2) is 0 Å². The molecule has 1 amide bonds. The van der Waals surface area contributed by atoms with Crippen molar-refractivity contribution in [2.75, 3.05) is 17.9 Å². The summed E-state index contributed by atoms with van der Waals surface area (Å²) in [5, 5.41) is 0.113. The molecule has 0 spiro atoms. The summed E-state index contributed by atoms with van der Waals surface area (Å²) >= 11 is 5.98. The summed E-state index contributed by atoms with van der Waals surface area (Å²) in [4.78, 5) is 16.7. The van der Waals surface area contributed by atoms with Crippen molar-refractivity contribution >= 4 is 33.2 Å². The van der Waals surface area contributed by atoms with Crippen molar-refractivity contribution in [1.82, 2.24) is 5.48 Å². The van der Waals surface area contributed by atoms with Crippen LogP contribution in [0.2, 0.25) is 5.02 Å². The normalized spacial score (nSPS) is 11.0. The topological polar surface area (TPSA) is 93.7 Å². The van der Waals surface area contributed by atoms with Crippen LogP contribution in [0.1, 0.15) is 24.2 Å². The number of rotatable bonds is 8. The highest BCUT2D eigenvalue weighted by molar-refractivity contribution is 7.92. The molecular weight excluding hydrogens is 380 g/mol. The Bertz CT molecular complexity index is 869. The summed E-state index contributed by atoms with van der Waals surface area (Å²) in [6, 6.07) is 10.3. The van der Waals surface area contributed by atoms with E-state index in [1.807, 2.05) is 6.92 Å². The Kier molecular flexibility index (Phi) is 6.84. The van der Waals surface area contributed by atoms with Gasteiger partial charge in [-0.05, 0) is 56.3 Å². The van der Waals surface area contributed by atoms with E-state index in [4.69, 9.17) is 21.2 Å². The lowest BCUT2D eigenvalue weighted by molar-refractivity contribution is 0.0364. The maximum absolute atomic E-state index is 12.6. The van der Waals surface area contributed by atoms with E-state index in [2.05, 4.69) is 10.2 Å². The number of sulfonamides is 1. The van der Waals surface area contributed by atoms with Crippen LogP contribution in [0, 0.1) is 0 Å². The Labute approximate surface area is 157 Å². The number of hydroxylamine groups is 1. The molecule has 140 valence electrons. The number of anilines is 1. The molecule has 0 bridgehead atoms. The number of amides is 1. The van der Waals surface area contributed by atoms with E-state index in [1.54, 1.807) is 31.2 Å². The van der Waals surface area contributed by atoms with E-state index in [-0.39, 0.29) is 22.1 Å². The third kappa shape index (κ3) is 5.10. The first-order valence-electron chi connectivity index (χ1n) is 7.84. The number of ether oxygens (including phenoxy) is 1. The Hall–Kier alpha value is -2.29. The summed E-state index contributed by atoms with van der Waals surface area (Å²) in [6.07, 6.45) is 0. The van der Waals surface area contributed by atoms with Crippen molar-refractivity contribution in [1.29, 1.82) is 0 Å². The van der Waals surface area contributed by atoms with Gasteiger partial charge >= 0.3 is 0 Å². The van der Waals surface area contributed by atoms with Gasteiger partial charge in [-0.25, -0.2) is 13.9 Å². The van der Waals surface area contributed by atoms with Crippen molar-refractivity contribution in [3.63, 3.8) is 0 Å². The van der Waals surface area contributed by atoms with Crippen molar-refractivity contribution in [3.05, 3.63) is 53.1 Å². The first-order chi connectivity index (χ1) is 12.4. The molecule has 0 aromatic heterocycles. The molecular formula is C17H19ClN2O5S. The zero-order chi connectivity index (χ0) is 19.2. The van der Waals surface area contributed by atoms with Gasteiger partial charge in [-0.2, -0.15) is 0 Å². The molecule has 7 nitrogen and oxygen atoms in total. The Balaban J connectivity index is 2.24. The quantitative estimate of drug-likeness (QED) is 0.666. The Morgan fingerprint density at radius 3 is 2.38 bits per heavy atom. The molecule has 0 aliphatic heterocycles. The molecule has 2 N–H and O–H groups in total. The molecule has 2 aromatic carbocycles. The van der Waals surface area contributed by atoms with Crippen LogP contribution in [0.4, 0.5) is 5.69 Å². The van der Waals surface area contributed by atoms with Crippen LogP contribution in [0.5, 0.6) is 5.75 Å². The second-order valence-electron chi connectivity index (χ2n) is 5.07. The standard InChI is InChI=1S/C17H19ClN2O5S/c1-3-24-13-7-5-12(6-8-13)20-26(22,23)14-9-10-16(18)15(11-14)17(21)19-25-4-2/h5-11,20H,3-4H2,1-2H3,(H,19,21). The summed E-state index contributed by atoms with van der Waals surface area (Å²) in [6.45, 7) is 4.34. The highest BCUT2D eigenvalue weighted by atomic mass is 35.5. The van der Waals surface area contributed by atoms with E-state index >= 15 is 0 Å². The average Bonchev–Trinajstić information content (AvgIpc) is 2.61. The van der Waals surface area contributed by atoms with Crippen LogP contribution >= 0.6 is 11.6 Å². The predicted molar refractivity (Wildman–Crippen MR) is 99.0 cm³/mol. The van der Waals surface area contributed by atoms with Gasteiger partial charge in [0.2, 0.25) is 0 Å². The SMILES string of the molecule is CCONC(=O)c1cc(S(=O)(=O)Nc2ccc(OCC)cc2)ccc1Cl. The van der Waals surface area contributed by atoms with Crippen LogP contribution in [0.15, 0.2) is 47.4 Å². The van der Waals surface area contributed by atoms with Gasteiger partial charge in [-0.15, -0.1) is 0 Å². The molecule has 0 saturated carbocycles. The lowest BCUT2D eigenvalue weighted by Gasteiger charge is -2.11. The number of hydrogen-bond acceptors (Lipinski definition) is 5. The zero-order valence-electron chi connectivity index (χ0n) is 14.3. The van der Waals surface area contributed by atoms with Crippen molar-refractivity contribution in [2.24, 2.45) is 0 Å². The molecule has 0 radical (unpaired) electrons. The molecule has 0 aliphatic carbocycles. The number of benzene rings is 2. The van der Waals surface area contributed by atoms with E-state index in [0.29, 0.717) is 18.0 Å². The summed E-state index contributed by atoms with van der Waals surface area (Å²) < 4.78 is 32.9. The highest BCUT2D eigenvalue weighted by Gasteiger charge is 2.19. The molecule has 0 fully saturated rings. The number of carbonyl (C=O) groups is 1. The van der Waals surface area contributed by atoms with Gasteiger partial charge in [0.1, 0.15) is 5.75 Å². The fourth-order valence-corrected chi connectivity index (χ4v) is 3.33. The van der Waals surface area contributed by atoms with Gasteiger partial charge in [-0.1, -0.05) is 11.6 Å². The third-order valence-corrected chi connectivity index (χ3v) is 4.93. The van der Waals surface area contributed by atoms with Gasteiger partial charge in [0.25, 0.3) is 15.9 Å². The fourth-order valence-electron chi connectivity index (χ4n) is 2.04. The summed E-state index contributed by atoms with van der Waals surface area (Å²) in [7, 11) is -3.90. The van der Waals surface area contributed by atoms with Gasteiger partial charge in [0, 0.05) is 5.69 Å². The van der Waals surface area contributed by atoms with Crippen molar-refractivity contribution in [2.45, 2.75) is 18.7 Å². The number of carbonyl (C=O) groups excluding carboxylic acids is 1. The maximum atomic E-state index is 12.6. The van der Waals surface area contributed by atoms with E-state index < -0.39 is 15.9 Å². The Morgan fingerprint density at radius 1 is 1.08 bits per heavy atom. The average molecular weight is 399 g/mol. The molecule has 9 heteroatoms. The van der Waals surface area contributed by atoms with Crippen molar-refractivity contribution in [3.8, 4) is 5.75 Å². The minimum atomic E-state index is -3.90. The smallest absolute Gasteiger partial charge is 0.276 e. The molecule has 2 aromatic rings. The van der Waals surface area contributed by atoms with Crippen molar-refractivity contribution < 1.29 is 22.8 Å². The number of nitrogens with one attached hydrogen (secondary N) is 2. The molecule has 26 heavy (non-hydrogen) atoms. The second-order valence-corrected chi connectivity index (χ2v) is 7.16. The second kappa shape index (κ2) is 8.88. The van der Waals surface area contributed by atoms with Gasteiger partial charge in [-0.3, -0.25) is 14.4 Å². The number of halogens is 1. The summed E-state index contributed by atoms with van der Waals surface area (Å²) in [5.41, 5.74) is 2.54. The molecule has 0 aliphatic rings. The number of hydrogen-bond donors (Lipinski definition) is 2. The predicted octanol–water partition coefficient (Wildman–Crippen LogP) is 3.22. The molecule has 0 unspecified atom stereocenters. The molecule has 2 rings (SSSR count).